The largest absolute Gasteiger partial charge is 0.332 e. The number of nitrogens with zero attached hydrogens (tertiary/aromatic N) is 4. The molecule has 0 bridgehead atoms. The quantitative estimate of drug-likeness (QED) is 0.557. The fourth-order valence-corrected chi connectivity index (χ4v) is 3.02. The molecule has 7 heteroatoms. The lowest BCUT2D eigenvalue weighted by atomic mass is 10.2. The van der Waals surface area contributed by atoms with Crippen LogP contribution in [0.15, 0.2) is 64.2 Å². The van der Waals surface area contributed by atoms with Crippen molar-refractivity contribution in [3.8, 4) is 17.1 Å². The molecule has 0 unspecified atom stereocenters. The first-order valence-corrected chi connectivity index (χ1v) is 7.99. The predicted octanol–water partition coefficient (Wildman–Crippen LogP) is 2.23. The van der Waals surface area contributed by atoms with E-state index in [1.807, 2.05) is 30.3 Å². The molecular formula is C19H15FN4O2. The third kappa shape index (κ3) is 2.28. The van der Waals surface area contributed by atoms with Gasteiger partial charge in [0, 0.05) is 25.3 Å². The number of benzene rings is 2. The highest BCUT2D eigenvalue weighted by molar-refractivity contribution is 5.80. The van der Waals surface area contributed by atoms with Gasteiger partial charge in [0.15, 0.2) is 11.2 Å². The topological polar surface area (TPSA) is 61.8 Å². The Hall–Kier alpha value is -3.48. The average molecular weight is 350 g/mol. The van der Waals surface area contributed by atoms with Crippen LogP contribution in [-0.2, 0) is 14.1 Å². The van der Waals surface area contributed by atoms with Crippen molar-refractivity contribution in [1.29, 1.82) is 0 Å². The predicted molar refractivity (Wildman–Crippen MR) is 96.9 cm³/mol. The van der Waals surface area contributed by atoms with Gasteiger partial charge in [-0.25, -0.2) is 14.2 Å². The molecule has 0 N–H and O–H groups in total. The summed E-state index contributed by atoms with van der Waals surface area (Å²) in [5.41, 5.74) is 1.00. The van der Waals surface area contributed by atoms with Gasteiger partial charge in [0.2, 0.25) is 0 Å². The molecule has 0 amide bonds. The maximum Gasteiger partial charge on any atom is 0.332 e. The van der Waals surface area contributed by atoms with Crippen molar-refractivity contribution in [3.05, 3.63) is 81.3 Å². The van der Waals surface area contributed by atoms with Gasteiger partial charge >= 0.3 is 5.69 Å². The summed E-state index contributed by atoms with van der Waals surface area (Å²) in [6, 6.07) is 15.1. The Balaban J connectivity index is 2.21. The van der Waals surface area contributed by atoms with Gasteiger partial charge in [-0.1, -0.05) is 30.3 Å². The van der Waals surface area contributed by atoms with Gasteiger partial charge in [-0.2, -0.15) is 0 Å². The SMILES string of the molecule is Cn1c(=O)c2c(nc(-c3ccccc3)n2-c2ccc(F)cc2)n(C)c1=O. The minimum atomic E-state index is -0.456. The van der Waals surface area contributed by atoms with Gasteiger partial charge < -0.3 is 0 Å². The van der Waals surface area contributed by atoms with Crippen molar-refractivity contribution in [2.45, 2.75) is 0 Å². The van der Waals surface area contributed by atoms with E-state index >= 15 is 0 Å². The smallest absolute Gasteiger partial charge is 0.286 e. The molecule has 0 atom stereocenters. The van der Waals surface area contributed by atoms with Crippen LogP contribution >= 0.6 is 0 Å². The van der Waals surface area contributed by atoms with Gasteiger partial charge in [-0.3, -0.25) is 18.5 Å². The van der Waals surface area contributed by atoms with Crippen LogP contribution in [0.25, 0.3) is 28.2 Å². The van der Waals surface area contributed by atoms with Crippen molar-refractivity contribution in [2.24, 2.45) is 14.1 Å². The fraction of sp³-hybridized carbons (Fsp3) is 0.105. The number of fused-ring (bicyclic) bond motifs is 1. The highest BCUT2D eigenvalue weighted by Crippen LogP contribution is 2.26. The van der Waals surface area contributed by atoms with Gasteiger partial charge in [-0.15, -0.1) is 0 Å². The Labute approximate surface area is 147 Å². The molecule has 2 aromatic carbocycles. The van der Waals surface area contributed by atoms with Gasteiger partial charge in [0.05, 0.1) is 0 Å². The Morgan fingerprint density at radius 3 is 2.19 bits per heavy atom. The summed E-state index contributed by atoms with van der Waals surface area (Å²) in [5.74, 6) is 0.130. The van der Waals surface area contributed by atoms with Crippen LogP contribution in [0.3, 0.4) is 0 Å². The van der Waals surface area contributed by atoms with E-state index in [0.29, 0.717) is 11.5 Å². The standard InChI is InChI=1S/C19H15FN4O2/c1-22-17-15(18(25)23(2)19(22)26)24(14-10-8-13(20)9-11-14)16(21-17)12-6-4-3-5-7-12/h3-11H,1-2H3. The van der Waals surface area contributed by atoms with Crippen LogP contribution in [0.4, 0.5) is 4.39 Å². The maximum atomic E-state index is 13.4. The van der Waals surface area contributed by atoms with E-state index in [1.54, 1.807) is 23.7 Å². The summed E-state index contributed by atoms with van der Waals surface area (Å²) in [6.07, 6.45) is 0. The van der Waals surface area contributed by atoms with E-state index in [-0.39, 0.29) is 17.0 Å². The van der Waals surface area contributed by atoms with Crippen LogP contribution in [-0.4, -0.2) is 18.7 Å². The fourth-order valence-electron chi connectivity index (χ4n) is 3.02. The summed E-state index contributed by atoms with van der Waals surface area (Å²) < 4.78 is 17.4. The minimum absolute atomic E-state index is 0.264. The van der Waals surface area contributed by atoms with Crippen LogP contribution in [0, 0.1) is 5.82 Å². The van der Waals surface area contributed by atoms with Crippen LogP contribution in [0.5, 0.6) is 0 Å². The van der Waals surface area contributed by atoms with E-state index < -0.39 is 11.2 Å². The average Bonchev–Trinajstić information content (AvgIpc) is 3.07. The molecule has 0 spiro atoms. The number of aryl methyl sites for hydroxylation is 1. The van der Waals surface area contributed by atoms with E-state index in [4.69, 9.17) is 0 Å². The molecule has 0 saturated heterocycles. The highest BCUT2D eigenvalue weighted by atomic mass is 19.1. The molecule has 6 nitrogen and oxygen atoms in total. The first-order chi connectivity index (χ1) is 12.5. The second-order valence-corrected chi connectivity index (χ2v) is 5.99. The monoisotopic (exact) mass is 350 g/mol. The molecule has 4 rings (SSSR count). The highest BCUT2D eigenvalue weighted by Gasteiger charge is 2.21. The first-order valence-electron chi connectivity index (χ1n) is 7.99. The van der Waals surface area contributed by atoms with Crippen LogP contribution < -0.4 is 11.2 Å². The van der Waals surface area contributed by atoms with Crippen molar-refractivity contribution >= 4 is 11.2 Å². The molecule has 0 fully saturated rings. The molecule has 0 radical (unpaired) electrons. The van der Waals surface area contributed by atoms with Gasteiger partial charge in [-0.05, 0) is 24.3 Å². The van der Waals surface area contributed by atoms with E-state index in [2.05, 4.69) is 4.98 Å². The lowest BCUT2D eigenvalue weighted by Gasteiger charge is -2.10. The lowest BCUT2D eigenvalue weighted by molar-refractivity contribution is 0.627. The van der Waals surface area contributed by atoms with Crippen LogP contribution in [0.2, 0.25) is 0 Å². The summed E-state index contributed by atoms with van der Waals surface area (Å²) in [4.78, 5) is 29.7. The minimum Gasteiger partial charge on any atom is -0.286 e. The first kappa shape index (κ1) is 16.0. The molecule has 0 aliphatic carbocycles. The molecule has 2 aromatic heterocycles. The summed E-state index contributed by atoms with van der Waals surface area (Å²) in [6.45, 7) is 0. The van der Waals surface area contributed by atoms with Crippen molar-refractivity contribution < 1.29 is 4.39 Å². The van der Waals surface area contributed by atoms with Crippen molar-refractivity contribution in [3.63, 3.8) is 0 Å². The van der Waals surface area contributed by atoms with Gasteiger partial charge in [0.25, 0.3) is 5.56 Å². The summed E-state index contributed by atoms with van der Waals surface area (Å²) in [5, 5.41) is 0. The number of rotatable bonds is 2. The number of hydrogen-bond donors (Lipinski definition) is 0. The van der Waals surface area contributed by atoms with E-state index in [0.717, 1.165) is 10.1 Å². The number of aromatic nitrogens is 4. The molecule has 0 aliphatic heterocycles. The summed E-state index contributed by atoms with van der Waals surface area (Å²) in [7, 11) is 3.00. The van der Waals surface area contributed by atoms with Crippen molar-refractivity contribution in [1.82, 2.24) is 18.7 Å². The number of imidazole rings is 1. The molecule has 2 heterocycles. The Morgan fingerprint density at radius 2 is 1.54 bits per heavy atom. The lowest BCUT2D eigenvalue weighted by Crippen LogP contribution is -2.37. The van der Waals surface area contributed by atoms with E-state index in [1.165, 1.54) is 23.7 Å². The molecule has 0 aliphatic rings. The maximum absolute atomic E-state index is 13.4. The zero-order valence-corrected chi connectivity index (χ0v) is 14.2. The molecule has 0 saturated carbocycles. The third-order valence-electron chi connectivity index (χ3n) is 4.37. The second-order valence-electron chi connectivity index (χ2n) is 5.99. The zero-order valence-electron chi connectivity index (χ0n) is 14.2. The Bertz CT molecular complexity index is 1240. The molecule has 4 aromatic rings. The van der Waals surface area contributed by atoms with E-state index in [9.17, 15) is 14.0 Å². The summed E-state index contributed by atoms with van der Waals surface area (Å²) >= 11 is 0. The number of hydrogen-bond acceptors (Lipinski definition) is 3. The Kier molecular flexibility index (Phi) is 3.57. The van der Waals surface area contributed by atoms with Crippen molar-refractivity contribution in [2.75, 3.05) is 0 Å². The second kappa shape index (κ2) is 5.80. The normalized spacial score (nSPS) is 11.2. The molecule has 130 valence electrons. The Morgan fingerprint density at radius 1 is 0.885 bits per heavy atom. The zero-order chi connectivity index (χ0) is 18.4. The van der Waals surface area contributed by atoms with Crippen LogP contribution in [0.1, 0.15) is 0 Å². The van der Waals surface area contributed by atoms with Gasteiger partial charge in [0.1, 0.15) is 11.6 Å². The molecule has 26 heavy (non-hydrogen) atoms. The third-order valence-corrected chi connectivity index (χ3v) is 4.37. The number of halogens is 1. The molecular weight excluding hydrogens is 335 g/mol.